The highest BCUT2D eigenvalue weighted by Crippen LogP contribution is 2.35. The van der Waals surface area contributed by atoms with E-state index in [0.717, 1.165) is 38.0 Å². The number of hydrogen-bond acceptors (Lipinski definition) is 3. The zero-order valence-corrected chi connectivity index (χ0v) is 13.5. The molecule has 4 nitrogen and oxygen atoms in total. The predicted molar refractivity (Wildman–Crippen MR) is 89.0 cm³/mol. The van der Waals surface area contributed by atoms with Crippen LogP contribution in [0.5, 0.6) is 0 Å². The normalized spacial score (nSPS) is 21.5. The molecule has 2 N–H and O–H groups in total. The van der Waals surface area contributed by atoms with Gasteiger partial charge in [-0.25, -0.2) is 0 Å². The number of nitrogens with zero attached hydrogens (tertiary/aromatic N) is 2. The summed E-state index contributed by atoms with van der Waals surface area (Å²) < 4.78 is 0. The number of benzene rings is 1. The van der Waals surface area contributed by atoms with Gasteiger partial charge in [0.05, 0.1) is 0 Å². The van der Waals surface area contributed by atoms with Gasteiger partial charge in [0.2, 0.25) is 5.91 Å². The molecule has 2 aliphatic heterocycles. The van der Waals surface area contributed by atoms with E-state index in [2.05, 4.69) is 24.8 Å². The topological polar surface area (TPSA) is 49.6 Å². The minimum absolute atomic E-state index is 0. The number of nitrogen functional groups attached to an aromatic ring is 1. The zero-order chi connectivity index (χ0) is 14.3. The van der Waals surface area contributed by atoms with Gasteiger partial charge in [-0.2, -0.15) is 0 Å². The minimum Gasteiger partial charge on any atom is -0.398 e. The maximum atomic E-state index is 12.6. The van der Waals surface area contributed by atoms with Crippen LogP contribution in [-0.4, -0.2) is 36.0 Å². The third kappa shape index (κ3) is 2.69. The Labute approximate surface area is 132 Å². The van der Waals surface area contributed by atoms with Crippen LogP contribution in [-0.2, 0) is 11.2 Å². The fourth-order valence-electron chi connectivity index (χ4n) is 3.49. The Bertz CT molecular complexity index is 532. The van der Waals surface area contributed by atoms with Gasteiger partial charge < -0.3 is 15.5 Å². The summed E-state index contributed by atoms with van der Waals surface area (Å²) in [5, 5.41) is 0. The molecule has 1 amide bonds. The number of nitrogens with two attached hydrogens (primary N) is 1. The van der Waals surface area contributed by atoms with Crippen LogP contribution in [0.3, 0.4) is 0 Å². The molecule has 2 heterocycles. The molecule has 0 spiro atoms. The Balaban J connectivity index is 0.00000161. The first kappa shape index (κ1) is 16.0. The first-order valence-corrected chi connectivity index (χ1v) is 7.54. The predicted octanol–water partition coefficient (Wildman–Crippen LogP) is 2.45. The number of carbonyl (C=O) groups is 1. The van der Waals surface area contributed by atoms with E-state index in [9.17, 15) is 4.79 Å². The number of carbonyl (C=O) groups excluding carboxylic acids is 1. The van der Waals surface area contributed by atoms with Crippen LogP contribution in [0, 0.1) is 0 Å². The summed E-state index contributed by atoms with van der Waals surface area (Å²) in [5.41, 5.74) is 9.33. The molecule has 0 aromatic heterocycles. The smallest absolute Gasteiger partial charge is 0.245 e. The van der Waals surface area contributed by atoms with Gasteiger partial charge in [-0.3, -0.25) is 4.79 Å². The maximum absolute atomic E-state index is 12.6. The second kappa shape index (κ2) is 6.14. The van der Waals surface area contributed by atoms with Crippen LogP contribution in [0.2, 0.25) is 0 Å². The van der Waals surface area contributed by atoms with E-state index in [1.165, 1.54) is 11.3 Å². The van der Waals surface area contributed by atoms with Crippen molar-refractivity contribution in [3.05, 3.63) is 23.8 Å². The number of likely N-dealkylation sites (tertiary alicyclic amines) is 1. The molecule has 1 fully saturated rings. The molecule has 0 bridgehead atoms. The van der Waals surface area contributed by atoms with Crippen LogP contribution in [0.25, 0.3) is 0 Å². The fraction of sp³-hybridized carbons (Fsp3) is 0.562. The number of rotatable bonds is 2. The van der Waals surface area contributed by atoms with Gasteiger partial charge in [-0.15, -0.1) is 12.4 Å². The summed E-state index contributed by atoms with van der Waals surface area (Å²) in [6, 6.07) is 6.34. The summed E-state index contributed by atoms with van der Waals surface area (Å²) in [6.45, 7) is 6.00. The third-order valence-corrected chi connectivity index (χ3v) is 4.53. The molecule has 2 aliphatic rings. The Hall–Kier alpha value is -1.42. The molecule has 116 valence electrons. The fourth-order valence-corrected chi connectivity index (χ4v) is 3.49. The molecular formula is C16H24ClN3O. The Morgan fingerprint density at radius 2 is 2.05 bits per heavy atom. The highest BCUT2D eigenvalue weighted by atomic mass is 35.5. The van der Waals surface area contributed by atoms with Crippen molar-refractivity contribution in [1.82, 2.24) is 4.90 Å². The number of fused-ring (bicyclic) bond motifs is 1. The summed E-state index contributed by atoms with van der Waals surface area (Å²) in [7, 11) is 0. The molecule has 0 radical (unpaired) electrons. The molecule has 1 aromatic rings. The van der Waals surface area contributed by atoms with E-state index in [1.54, 1.807) is 0 Å². The van der Waals surface area contributed by atoms with Gasteiger partial charge >= 0.3 is 0 Å². The minimum atomic E-state index is -0.00162. The summed E-state index contributed by atoms with van der Waals surface area (Å²) in [4.78, 5) is 16.9. The van der Waals surface area contributed by atoms with E-state index in [0.29, 0.717) is 0 Å². The van der Waals surface area contributed by atoms with Gasteiger partial charge in [-0.05, 0) is 50.8 Å². The van der Waals surface area contributed by atoms with Crippen molar-refractivity contribution in [2.24, 2.45) is 0 Å². The lowest BCUT2D eigenvalue weighted by Crippen LogP contribution is -2.45. The van der Waals surface area contributed by atoms with Gasteiger partial charge in [0.1, 0.15) is 6.04 Å². The van der Waals surface area contributed by atoms with E-state index in [1.807, 2.05) is 17.0 Å². The van der Waals surface area contributed by atoms with Gasteiger partial charge in [0.25, 0.3) is 0 Å². The number of halogens is 1. The van der Waals surface area contributed by atoms with Gasteiger partial charge in [-0.1, -0.05) is 6.07 Å². The van der Waals surface area contributed by atoms with Crippen molar-refractivity contribution in [2.75, 3.05) is 23.7 Å². The summed E-state index contributed by atoms with van der Waals surface area (Å²) in [6.07, 6.45) is 3.02. The quantitative estimate of drug-likeness (QED) is 0.854. The Morgan fingerprint density at radius 3 is 2.71 bits per heavy atom. The highest BCUT2D eigenvalue weighted by Gasteiger charge is 2.38. The van der Waals surface area contributed by atoms with Crippen LogP contribution >= 0.6 is 12.4 Å². The zero-order valence-electron chi connectivity index (χ0n) is 12.7. The van der Waals surface area contributed by atoms with E-state index < -0.39 is 0 Å². The van der Waals surface area contributed by atoms with Gasteiger partial charge in [0.15, 0.2) is 0 Å². The van der Waals surface area contributed by atoms with E-state index in [4.69, 9.17) is 5.73 Å². The van der Waals surface area contributed by atoms with Crippen molar-refractivity contribution < 1.29 is 4.79 Å². The van der Waals surface area contributed by atoms with Crippen molar-refractivity contribution in [3.63, 3.8) is 0 Å². The molecular weight excluding hydrogens is 286 g/mol. The average Bonchev–Trinajstić information content (AvgIpc) is 2.80. The van der Waals surface area contributed by atoms with Crippen LogP contribution in [0.4, 0.5) is 11.4 Å². The standard InChI is InChI=1S/C16H23N3O.ClH/c1-11(2)18-10-8-15(16(18)20)19-9-4-5-12-13(17)6-3-7-14(12)19;/h3,6-7,11,15H,4-5,8-10,17H2,1-2H3;1H. The monoisotopic (exact) mass is 309 g/mol. The molecule has 1 unspecified atom stereocenters. The lowest BCUT2D eigenvalue weighted by molar-refractivity contribution is -0.130. The molecule has 1 atom stereocenters. The highest BCUT2D eigenvalue weighted by molar-refractivity contribution is 5.88. The van der Waals surface area contributed by atoms with Crippen molar-refractivity contribution in [2.45, 2.75) is 45.2 Å². The SMILES string of the molecule is CC(C)N1CCC(N2CCCc3c(N)cccc32)C1=O.Cl. The van der Waals surface area contributed by atoms with Crippen molar-refractivity contribution >= 4 is 29.7 Å². The molecule has 0 aliphatic carbocycles. The first-order valence-electron chi connectivity index (χ1n) is 7.54. The van der Waals surface area contributed by atoms with Gasteiger partial charge in [0, 0.05) is 30.5 Å². The molecule has 1 saturated heterocycles. The van der Waals surface area contributed by atoms with Crippen molar-refractivity contribution in [1.29, 1.82) is 0 Å². The van der Waals surface area contributed by atoms with Crippen molar-refractivity contribution in [3.8, 4) is 0 Å². The van der Waals surface area contributed by atoms with E-state index >= 15 is 0 Å². The second-order valence-electron chi connectivity index (χ2n) is 6.07. The van der Waals surface area contributed by atoms with Crippen LogP contribution < -0.4 is 10.6 Å². The average molecular weight is 310 g/mol. The Morgan fingerprint density at radius 1 is 1.29 bits per heavy atom. The maximum Gasteiger partial charge on any atom is 0.245 e. The molecule has 5 heteroatoms. The lowest BCUT2D eigenvalue weighted by atomic mass is 9.98. The summed E-state index contributed by atoms with van der Waals surface area (Å²) in [5.74, 6) is 0.273. The Kier molecular flexibility index (Phi) is 4.67. The molecule has 3 rings (SSSR count). The third-order valence-electron chi connectivity index (χ3n) is 4.53. The number of hydrogen-bond donors (Lipinski definition) is 1. The largest absolute Gasteiger partial charge is 0.398 e. The van der Waals surface area contributed by atoms with Crippen LogP contribution in [0.15, 0.2) is 18.2 Å². The van der Waals surface area contributed by atoms with Crippen LogP contribution in [0.1, 0.15) is 32.3 Å². The second-order valence-corrected chi connectivity index (χ2v) is 6.07. The lowest BCUT2D eigenvalue weighted by Gasteiger charge is -2.36. The summed E-state index contributed by atoms with van der Waals surface area (Å²) >= 11 is 0. The first-order chi connectivity index (χ1) is 9.59. The molecule has 1 aromatic carbocycles. The number of anilines is 2. The molecule has 0 saturated carbocycles. The van der Waals surface area contributed by atoms with E-state index in [-0.39, 0.29) is 30.4 Å². The molecule has 21 heavy (non-hydrogen) atoms. The number of amides is 1.